The van der Waals surface area contributed by atoms with Gasteiger partial charge in [-0.1, -0.05) is 34.1 Å². The molecule has 1 unspecified atom stereocenters. The van der Waals surface area contributed by atoms with Gasteiger partial charge in [-0.05, 0) is 29.3 Å². The Morgan fingerprint density at radius 1 is 1.24 bits per heavy atom. The lowest BCUT2D eigenvalue weighted by molar-refractivity contribution is -0.121. The first kappa shape index (κ1) is 21.1. The van der Waals surface area contributed by atoms with Crippen LogP contribution in [0.3, 0.4) is 0 Å². The van der Waals surface area contributed by atoms with Crippen LogP contribution in [0.1, 0.15) is 23.6 Å². The van der Waals surface area contributed by atoms with E-state index in [2.05, 4.69) is 36.4 Å². The van der Waals surface area contributed by atoms with E-state index in [0.29, 0.717) is 19.8 Å². The number of carbonyl (C=O) groups excluding carboxylic acids is 2. The molecular weight excluding hydrogens is 438 g/mol. The molecule has 1 saturated heterocycles. The van der Waals surface area contributed by atoms with Gasteiger partial charge in [-0.3, -0.25) is 4.79 Å². The molecule has 3 rings (SSSR count). The highest BCUT2D eigenvalue weighted by Gasteiger charge is 2.18. The standard InChI is InChI=1S/C20H24BrN5O3/c21-16-3-1-2-15(10-16)17(25-20(22)28)11-19(27)24-13-14-4-5-18(23-12-14)26-6-8-29-9-7-26/h1-5,10,12,17H,6-9,11,13H2,(H,24,27)(H3,22,25,28). The summed E-state index contributed by atoms with van der Waals surface area (Å²) in [6.07, 6.45) is 1.84. The summed E-state index contributed by atoms with van der Waals surface area (Å²) in [5, 5.41) is 5.50. The van der Waals surface area contributed by atoms with Gasteiger partial charge in [0.05, 0.1) is 25.7 Å². The summed E-state index contributed by atoms with van der Waals surface area (Å²) in [6.45, 7) is 3.42. The highest BCUT2D eigenvalue weighted by Crippen LogP contribution is 2.21. The van der Waals surface area contributed by atoms with Gasteiger partial charge in [-0.2, -0.15) is 0 Å². The van der Waals surface area contributed by atoms with Crippen molar-refractivity contribution in [2.45, 2.75) is 19.0 Å². The second kappa shape index (κ2) is 10.2. The first-order valence-electron chi connectivity index (χ1n) is 9.37. The highest BCUT2D eigenvalue weighted by atomic mass is 79.9. The molecule has 1 fully saturated rings. The molecule has 1 aliphatic rings. The number of hydrogen-bond donors (Lipinski definition) is 3. The number of benzene rings is 1. The van der Waals surface area contributed by atoms with Crippen molar-refractivity contribution in [2.24, 2.45) is 5.73 Å². The van der Waals surface area contributed by atoms with E-state index in [1.807, 2.05) is 36.4 Å². The number of nitrogens with two attached hydrogens (primary N) is 1. The number of anilines is 1. The van der Waals surface area contributed by atoms with E-state index in [1.54, 1.807) is 6.20 Å². The minimum absolute atomic E-state index is 0.0820. The van der Waals surface area contributed by atoms with E-state index in [0.717, 1.165) is 34.5 Å². The van der Waals surface area contributed by atoms with Crippen LogP contribution < -0.4 is 21.3 Å². The van der Waals surface area contributed by atoms with E-state index in [-0.39, 0.29) is 12.3 Å². The first-order valence-corrected chi connectivity index (χ1v) is 10.2. The lowest BCUT2D eigenvalue weighted by atomic mass is 10.0. The Balaban J connectivity index is 1.55. The number of morpholine rings is 1. The number of nitrogens with zero attached hydrogens (tertiary/aromatic N) is 2. The zero-order valence-electron chi connectivity index (χ0n) is 15.9. The number of nitrogens with one attached hydrogen (secondary N) is 2. The molecule has 0 radical (unpaired) electrons. The van der Waals surface area contributed by atoms with E-state index >= 15 is 0 Å². The lowest BCUT2D eigenvalue weighted by Gasteiger charge is -2.27. The van der Waals surface area contributed by atoms with Gasteiger partial charge in [-0.15, -0.1) is 0 Å². The second-order valence-electron chi connectivity index (χ2n) is 6.72. The Labute approximate surface area is 177 Å². The molecule has 8 nitrogen and oxygen atoms in total. The normalized spacial score (nSPS) is 14.9. The van der Waals surface area contributed by atoms with Crippen LogP contribution in [0, 0.1) is 0 Å². The number of hydrogen-bond acceptors (Lipinski definition) is 5. The summed E-state index contributed by atoms with van der Waals surface area (Å²) in [7, 11) is 0. The van der Waals surface area contributed by atoms with Gasteiger partial charge in [0, 0.05) is 30.3 Å². The Morgan fingerprint density at radius 2 is 2.03 bits per heavy atom. The van der Waals surface area contributed by atoms with Crippen molar-refractivity contribution in [3.8, 4) is 0 Å². The number of halogens is 1. The number of ether oxygens (including phenoxy) is 1. The van der Waals surface area contributed by atoms with E-state index in [4.69, 9.17) is 10.5 Å². The first-order chi connectivity index (χ1) is 14.0. The molecule has 0 aliphatic carbocycles. The van der Waals surface area contributed by atoms with Crippen LogP contribution in [0.25, 0.3) is 0 Å². The summed E-state index contributed by atoms with van der Waals surface area (Å²) >= 11 is 3.40. The van der Waals surface area contributed by atoms with E-state index < -0.39 is 12.1 Å². The van der Waals surface area contributed by atoms with E-state index in [9.17, 15) is 9.59 Å². The van der Waals surface area contributed by atoms with Gasteiger partial charge in [0.2, 0.25) is 5.91 Å². The lowest BCUT2D eigenvalue weighted by Crippen LogP contribution is -2.37. The van der Waals surface area contributed by atoms with Crippen LogP contribution >= 0.6 is 15.9 Å². The Bertz CT molecular complexity index is 840. The Hall–Kier alpha value is -2.65. The minimum atomic E-state index is -0.675. The maximum Gasteiger partial charge on any atom is 0.312 e. The second-order valence-corrected chi connectivity index (χ2v) is 7.64. The number of primary amides is 1. The van der Waals surface area contributed by atoms with Gasteiger partial charge in [-0.25, -0.2) is 9.78 Å². The third kappa shape index (κ3) is 6.43. The quantitative estimate of drug-likeness (QED) is 0.584. The predicted molar refractivity (Wildman–Crippen MR) is 113 cm³/mol. The van der Waals surface area contributed by atoms with Crippen molar-refractivity contribution in [3.05, 3.63) is 58.2 Å². The monoisotopic (exact) mass is 461 g/mol. The fourth-order valence-corrected chi connectivity index (χ4v) is 3.52. The van der Waals surface area contributed by atoms with Crippen molar-refractivity contribution in [2.75, 3.05) is 31.2 Å². The van der Waals surface area contributed by atoms with Crippen LogP contribution in [0.2, 0.25) is 0 Å². The van der Waals surface area contributed by atoms with Crippen molar-refractivity contribution >= 4 is 33.7 Å². The third-order valence-corrected chi connectivity index (χ3v) is 5.08. The maximum absolute atomic E-state index is 12.4. The Morgan fingerprint density at radius 3 is 2.69 bits per heavy atom. The smallest absolute Gasteiger partial charge is 0.312 e. The van der Waals surface area contributed by atoms with Crippen molar-refractivity contribution in [1.29, 1.82) is 0 Å². The molecule has 2 heterocycles. The minimum Gasteiger partial charge on any atom is -0.378 e. The average Bonchev–Trinajstić information content (AvgIpc) is 2.72. The summed E-state index contributed by atoms with van der Waals surface area (Å²) in [5.74, 6) is 0.713. The molecule has 0 spiro atoms. The van der Waals surface area contributed by atoms with Crippen LogP contribution in [0.4, 0.5) is 10.6 Å². The molecule has 4 N–H and O–H groups in total. The number of amides is 3. The molecule has 1 aromatic carbocycles. The van der Waals surface area contributed by atoms with E-state index in [1.165, 1.54) is 0 Å². The molecule has 1 aliphatic heterocycles. The van der Waals surface area contributed by atoms with Crippen LogP contribution in [-0.2, 0) is 16.1 Å². The average molecular weight is 462 g/mol. The summed E-state index contributed by atoms with van der Waals surface area (Å²) in [6, 6.07) is 10.1. The molecule has 154 valence electrons. The fourth-order valence-electron chi connectivity index (χ4n) is 3.11. The number of rotatable bonds is 7. The van der Waals surface area contributed by atoms with Crippen molar-refractivity contribution < 1.29 is 14.3 Å². The number of aromatic nitrogens is 1. The van der Waals surface area contributed by atoms with Crippen LogP contribution in [0.15, 0.2) is 47.1 Å². The van der Waals surface area contributed by atoms with Crippen molar-refractivity contribution in [1.82, 2.24) is 15.6 Å². The van der Waals surface area contributed by atoms with Crippen LogP contribution in [0.5, 0.6) is 0 Å². The SMILES string of the molecule is NC(=O)NC(CC(=O)NCc1ccc(N2CCOCC2)nc1)c1cccc(Br)c1. The van der Waals surface area contributed by atoms with Gasteiger partial charge in [0.1, 0.15) is 5.82 Å². The summed E-state index contributed by atoms with van der Waals surface area (Å²) in [5.41, 5.74) is 6.97. The molecule has 1 atom stereocenters. The topological polar surface area (TPSA) is 110 Å². The third-order valence-electron chi connectivity index (χ3n) is 4.59. The van der Waals surface area contributed by atoms with Gasteiger partial charge in [0.15, 0.2) is 0 Å². The molecule has 1 aromatic heterocycles. The molecule has 0 saturated carbocycles. The zero-order valence-corrected chi connectivity index (χ0v) is 17.5. The van der Waals surface area contributed by atoms with Gasteiger partial charge >= 0.3 is 6.03 Å². The largest absolute Gasteiger partial charge is 0.378 e. The summed E-state index contributed by atoms with van der Waals surface area (Å²) in [4.78, 5) is 30.4. The zero-order chi connectivity index (χ0) is 20.6. The molecule has 9 heteroatoms. The molecule has 2 aromatic rings. The van der Waals surface area contributed by atoms with Gasteiger partial charge < -0.3 is 26.0 Å². The maximum atomic E-state index is 12.4. The fraction of sp³-hybridized carbons (Fsp3) is 0.350. The molecule has 3 amide bonds. The number of carbonyl (C=O) groups is 2. The molecule has 0 bridgehead atoms. The van der Waals surface area contributed by atoms with Gasteiger partial charge in [0.25, 0.3) is 0 Å². The molecular formula is C20H24BrN5O3. The highest BCUT2D eigenvalue weighted by molar-refractivity contribution is 9.10. The number of urea groups is 1. The summed E-state index contributed by atoms with van der Waals surface area (Å²) < 4.78 is 6.21. The predicted octanol–water partition coefficient (Wildman–Crippen LogP) is 2.10. The molecule has 29 heavy (non-hydrogen) atoms. The number of pyridine rings is 1. The Kier molecular flexibility index (Phi) is 7.42. The van der Waals surface area contributed by atoms with Crippen LogP contribution in [-0.4, -0.2) is 43.2 Å². The van der Waals surface area contributed by atoms with Crippen molar-refractivity contribution in [3.63, 3.8) is 0 Å².